The summed E-state index contributed by atoms with van der Waals surface area (Å²) in [4.78, 5) is 24.9. The van der Waals surface area contributed by atoms with Gasteiger partial charge in [-0.25, -0.2) is 0 Å². The highest BCUT2D eigenvalue weighted by Crippen LogP contribution is 2.38. The second-order valence-corrected chi connectivity index (χ2v) is 7.99. The van der Waals surface area contributed by atoms with Crippen LogP contribution in [0.1, 0.15) is 92.0 Å². The first-order chi connectivity index (χ1) is 13.5. The number of carbonyl (C=O) groups excluding carboxylic acids is 2. The Morgan fingerprint density at radius 2 is 1.86 bits per heavy atom. The molecule has 0 N–H and O–H groups in total. The molecule has 0 heterocycles. The average Bonchev–Trinajstić information content (AvgIpc) is 2.75. The highest BCUT2D eigenvalue weighted by molar-refractivity contribution is 5.82. The smallest absolute Gasteiger partial charge is 0.136 e. The van der Waals surface area contributed by atoms with Gasteiger partial charge in [-0.05, 0) is 42.6 Å². The van der Waals surface area contributed by atoms with Gasteiger partial charge in [0.25, 0.3) is 0 Å². The predicted octanol–water partition coefficient (Wildman–Crippen LogP) is 7.39. The van der Waals surface area contributed by atoms with Gasteiger partial charge in [0, 0.05) is 26.6 Å². The van der Waals surface area contributed by atoms with Crippen LogP contribution in [0.25, 0.3) is 0 Å². The van der Waals surface area contributed by atoms with Crippen LogP contribution in [0.5, 0.6) is 0 Å². The van der Waals surface area contributed by atoms with Crippen LogP contribution in [0.15, 0.2) is 43.0 Å². The number of hydrogen-bond donors (Lipinski definition) is 0. The minimum Gasteiger partial charge on any atom is -0.300 e. The van der Waals surface area contributed by atoms with Gasteiger partial charge in [-0.15, -0.1) is 6.58 Å². The van der Waals surface area contributed by atoms with Gasteiger partial charge in [-0.2, -0.15) is 0 Å². The molecule has 28 heavy (non-hydrogen) atoms. The monoisotopic (exact) mass is 386 g/mol. The van der Waals surface area contributed by atoms with Crippen LogP contribution in [-0.2, 0) is 9.59 Å². The zero-order chi connectivity index (χ0) is 20.9. The number of Topliss-reactive ketones (excluding diaryl/α,β-unsaturated/α-hetero) is 2. The van der Waals surface area contributed by atoms with E-state index in [1.54, 1.807) is 0 Å². The second kappa shape index (κ2) is 13.5. The quantitative estimate of drug-likeness (QED) is 0.393. The van der Waals surface area contributed by atoms with Crippen LogP contribution in [0.4, 0.5) is 0 Å². The van der Waals surface area contributed by atoms with Crippen molar-refractivity contribution < 1.29 is 11.0 Å². The molecule has 0 saturated heterocycles. The second-order valence-electron chi connectivity index (χ2n) is 7.99. The lowest BCUT2D eigenvalue weighted by Crippen LogP contribution is -2.29. The van der Waals surface area contributed by atoms with Crippen LogP contribution in [0, 0.1) is 17.8 Å². The molecule has 0 aromatic heterocycles. The van der Waals surface area contributed by atoms with Crippen LogP contribution >= 0.6 is 0 Å². The Morgan fingerprint density at radius 1 is 1.18 bits per heavy atom. The van der Waals surface area contributed by atoms with Crippen LogP contribution in [0.3, 0.4) is 0 Å². The molecule has 4 unspecified atom stereocenters. The Bertz CT molecular complexity index is 596. The maximum absolute atomic E-state index is 12.9. The Labute approximate surface area is 174 Å². The first-order valence-electron chi connectivity index (χ1n) is 11.2. The summed E-state index contributed by atoms with van der Waals surface area (Å²) in [6, 6.07) is 10.3. The topological polar surface area (TPSA) is 34.1 Å². The van der Waals surface area contributed by atoms with Gasteiger partial charge in [-0.1, -0.05) is 76.9 Å². The third-order valence-electron chi connectivity index (χ3n) is 6.07. The summed E-state index contributed by atoms with van der Waals surface area (Å²) in [5.74, 6) is 2.03. The zero-order valence-electron chi connectivity index (χ0n) is 18.5. The van der Waals surface area contributed by atoms with Gasteiger partial charge in [-0.3, -0.25) is 9.59 Å². The minimum atomic E-state index is 0. The molecule has 1 saturated carbocycles. The molecule has 0 spiro atoms. The van der Waals surface area contributed by atoms with E-state index in [0.29, 0.717) is 42.7 Å². The first kappa shape index (κ1) is 24.3. The molecule has 2 rings (SSSR count). The molecule has 0 radical (unpaired) electrons. The number of ketones is 2. The minimum absolute atomic E-state index is 0. The van der Waals surface area contributed by atoms with E-state index in [2.05, 4.69) is 25.6 Å². The Kier molecular flexibility index (Phi) is 11.7. The summed E-state index contributed by atoms with van der Waals surface area (Å²) < 4.78 is 0. The summed E-state index contributed by atoms with van der Waals surface area (Å²) in [5.41, 5.74) is 1.24. The van der Waals surface area contributed by atoms with Crippen molar-refractivity contribution in [2.24, 2.45) is 17.8 Å². The summed E-state index contributed by atoms with van der Waals surface area (Å²) in [7, 11) is 0. The summed E-state index contributed by atoms with van der Waals surface area (Å²) >= 11 is 0. The van der Waals surface area contributed by atoms with Crippen molar-refractivity contribution in [2.45, 2.75) is 85.0 Å². The summed E-state index contributed by atoms with van der Waals surface area (Å²) in [5, 5.41) is 0. The molecule has 158 valence electrons. The molecule has 2 heteroatoms. The predicted molar refractivity (Wildman–Crippen MR) is 122 cm³/mol. The fourth-order valence-electron chi connectivity index (χ4n) is 4.41. The molecule has 1 aromatic rings. The Balaban J connectivity index is 0.00000253. The van der Waals surface area contributed by atoms with E-state index in [0.717, 1.165) is 32.1 Å². The highest BCUT2D eigenvalue weighted by Gasteiger charge is 2.32. The van der Waals surface area contributed by atoms with Gasteiger partial charge in [0.2, 0.25) is 0 Å². The summed E-state index contributed by atoms with van der Waals surface area (Å²) in [6.45, 7) is 12.0. The normalized spacial score (nSPS) is 21.0. The fraction of sp³-hybridized carbons (Fsp3) is 0.615. The maximum atomic E-state index is 12.9. The lowest BCUT2D eigenvalue weighted by Gasteiger charge is -2.34. The molecule has 1 aliphatic carbocycles. The third-order valence-corrected chi connectivity index (χ3v) is 6.07. The largest absolute Gasteiger partial charge is 0.300 e. The van der Waals surface area contributed by atoms with Gasteiger partial charge < -0.3 is 0 Å². The average molecular weight is 387 g/mol. The number of rotatable bonds is 10. The maximum Gasteiger partial charge on any atom is 0.136 e. The van der Waals surface area contributed by atoms with E-state index in [4.69, 9.17) is 0 Å². The van der Waals surface area contributed by atoms with Crippen molar-refractivity contribution in [1.29, 1.82) is 0 Å². The van der Waals surface area contributed by atoms with Gasteiger partial charge in [0.1, 0.15) is 11.6 Å². The van der Waals surface area contributed by atoms with E-state index >= 15 is 0 Å². The van der Waals surface area contributed by atoms with E-state index in [-0.39, 0.29) is 13.3 Å². The van der Waals surface area contributed by atoms with Crippen molar-refractivity contribution in [3.05, 3.63) is 48.6 Å². The number of hydrogen-bond acceptors (Lipinski definition) is 2. The van der Waals surface area contributed by atoms with Gasteiger partial charge >= 0.3 is 0 Å². The molecular weight excluding hydrogens is 344 g/mol. The Hall–Kier alpha value is -1.70. The van der Waals surface area contributed by atoms with E-state index < -0.39 is 0 Å². The third kappa shape index (κ3) is 7.73. The van der Waals surface area contributed by atoms with Crippen LogP contribution in [0.2, 0.25) is 0 Å². The molecule has 2 nitrogen and oxygen atoms in total. The van der Waals surface area contributed by atoms with Crippen molar-refractivity contribution in [2.75, 3.05) is 0 Å². The molecule has 4 atom stereocenters. The summed E-state index contributed by atoms with van der Waals surface area (Å²) in [6.07, 6.45) is 8.93. The lowest BCUT2D eigenvalue weighted by atomic mass is 9.70. The molecule has 0 bridgehead atoms. The number of carbonyl (C=O) groups is 2. The van der Waals surface area contributed by atoms with Crippen molar-refractivity contribution in [3.8, 4) is 0 Å². The van der Waals surface area contributed by atoms with E-state index in [9.17, 15) is 9.59 Å². The van der Waals surface area contributed by atoms with Crippen molar-refractivity contribution in [1.82, 2.24) is 0 Å². The zero-order valence-corrected chi connectivity index (χ0v) is 18.5. The number of allylic oxidation sites excluding steroid dienone is 1. The molecule has 0 amide bonds. The Morgan fingerprint density at radius 3 is 2.46 bits per heavy atom. The molecule has 1 aliphatic rings. The standard InChI is InChI=1S/C24H34O2.C2H6.H2/c1-4-10-20(17-23(25)5-2)21-13-9-14-22(16-21)24(26)15-18(3)19-11-7-6-8-12-19;1-2;/h4,6-8,11-12,18,20-22H,1,5,9-10,13-17H2,2-3H3;1-2H3;1H. The molecule has 0 aliphatic heterocycles. The van der Waals surface area contributed by atoms with E-state index in [1.807, 2.05) is 45.0 Å². The van der Waals surface area contributed by atoms with Crippen LogP contribution < -0.4 is 0 Å². The van der Waals surface area contributed by atoms with E-state index in [1.165, 1.54) is 5.56 Å². The SMILES string of the molecule is C=CCC(CC(=O)CC)C1CCCC(C(=O)CC(C)c2ccccc2)C1.CC.[HH]. The van der Waals surface area contributed by atoms with Crippen LogP contribution in [-0.4, -0.2) is 11.6 Å². The lowest BCUT2D eigenvalue weighted by molar-refractivity contribution is -0.125. The van der Waals surface area contributed by atoms with Gasteiger partial charge in [0.05, 0.1) is 0 Å². The van der Waals surface area contributed by atoms with Gasteiger partial charge in [0.15, 0.2) is 0 Å². The first-order valence-corrected chi connectivity index (χ1v) is 11.2. The molecule has 1 fully saturated rings. The van der Waals surface area contributed by atoms with Crippen molar-refractivity contribution >= 4 is 11.6 Å². The highest BCUT2D eigenvalue weighted by atomic mass is 16.1. The fourth-order valence-corrected chi connectivity index (χ4v) is 4.41. The molecular formula is C26H42O2. The number of benzene rings is 1. The molecule has 1 aromatic carbocycles. The van der Waals surface area contributed by atoms with Crippen molar-refractivity contribution in [3.63, 3.8) is 0 Å².